The summed E-state index contributed by atoms with van der Waals surface area (Å²) < 4.78 is 4.58. The van der Waals surface area contributed by atoms with E-state index in [1.54, 1.807) is 0 Å². The first-order valence-corrected chi connectivity index (χ1v) is 4.87. The highest BCUT2D eigenvalue weighted by Crippen LogP contribution is 2.28. The third kappa shape index (κ3) is 5.02. The van der Waals surface area contributed by atoms with Crippen molar-refractivity contribution in [2.45, 2.75) is 39.2 Å². The van der Waals surface area contributed by atoms with Crippen molar-refractivity contribution in [3.05, 3.63) is 12.7 Å². The maximum atomic E-state index is 11.1. The molecular formula is C11H21NO2. The second-order valence-corrected chi connectivity index (χ2v) is 4.33. The van der Waals surface area contributed by atoms with E-state index in [0.717, 1.165) is 12.8 Å². The molecule has 0 aromatic heterocycles. The standard InChI is InChI=1S/C11H21NO2/c1-5-6-7-11(2,3)8-9(12)10(13)14-4/h5,9H,1,6-8,12H2,2-4H3. The van der Waals surface area contributed by atoms with Gasteiger partial charge in [-0.05, 0) is 24.7 Å². The van der Waals surface area contributed by atoms with Gasteiger partial charge in [0.2, 0.25) is 0 Å². The van der Waals surface area contributed by atoms with E-state index in [4.69, 9.17) is 5.73 Å². The Hall–Kier alpha value is -0.830. The molecule has 3 nitrogen and oxygen atoms in total. The van der Waals surface area contributed by atoms with Crippen molar-refractivity contribution < 1.29 is 9.53 Å². The molecule has 1 atom stereocenters. The van der Waals surface area contributed by atoms with Crippen molar-refractivity contribution >= 4 is 5.97 Å². The van der Waals surface area contributed by atoms with Gasteiger partial charge in [0.15, 0.2) is 0 Å². The van der Waals surface area contributed by atoms with E-state index < -0.39 is 6.04 Å². The summed E-state index contributed by atoms with van der Waals surface area (Å²) in [6, 6.07) is -0.514. The van der Waals surface area contributed by atoms with Gasteiger partial charge in [-0.2, -0.15) is 0 Å². The van der Waals surface area contributed by atoms with Crippen LogP contribution in [0.25, 0.3) is 0 Å². The zero-order chi connectivity index (χ0) is 11.2. The minimum atomic E-state index is -0.514. The lowest BCUT2D eigenvalue weighted by molar-refractivity contribution is -0.142. The van der Waals surface area contributed by atoms with Gasteiger partial charge < -0.3 is 10.5 Å². The molecule has 14 heavy (non-hydrogen) atoms. The van der Waals surface area contributed by atoms with Gasteiger partial charge in [-0.25, -0.2) is 0 Å². The molecule has 1 unspecified atom stereocenters. The van der Waals surface area contributed by atoms with E-state index in [2.05, 4.69) is 25.2 Å². The summed E-state index contributed by atoms with van der Waals surface area (Å²) in [6.45, 7) is 7.86. The van der Waals surface area contributed by atoms with Crippen LogP contribution in [0.2, 0.25) is 0 Å². The molecule has 0 spiro atoms. The van der Waals surface area contributed by atoms with Gasteiger partial charge in [0.05, 0.1) is 7.11 Å². The number of methoxy groups -OCH3 is 1. The van der Waals surface area contributed by atoms with Crippen molar-refractivity contribution in [1.29, 1.82) is 0 Å². The minimum Gasteiger partial charge on any atom is -0.468 e. The quantitative estimate of drug-likeness (QED) is 0.525. The average molecular weight is 199 g/mol. The Bertz CT molecular complexity index is 199. The molecule has 0 aromatic carbocycles. The molecule has 0 amide bonds. The predicted molar refractivity (Wildman–Crippen MR) is 57.8 cm³/mol. The van der Waals surface area contributed by atoms with Crippen LogP contribution in [0.5, 0.6) is 0 Å². The monoisotopic (exact) mass is 199 g/mol. The third-order valence-corrected chi connectivity index (χ3v) is 2.30. The molecule has 0 saturated heterocycles. The Morgan fingerprint density at radius 3 is 2.64 bits per heavy atom. The van der Waals surface area contributed by atoms with Crippen LogP contribution in [0, 0.1) is 5.41 Å². The molecule has 82 valence electrons. The first-order valence-electron chi connectivity index (χ1n) is 4.87. The fourth-order valence-electron chi connectivity index (χ4n) is 1.42. The number of carbonyl (C=O) groups excluding carboxylic acids is 1. The number of ether oxygens (including phenoxy) is 1. The van der Waals surface area contributed by atoms with Crippen molar-refractivity contribution in [2.75, 3.05) is 7.11 Å². The van der Waals surface area contributed by atoms with E-state index in [9.17, 15) is 4.79 Å². The summed E-state index contributed by atoms with van der Waals surface area (Å²) in [6.07, 6.45) is 4.46. The molecule has 0 fully saturated rings. The van der Waals surface area contributed by atoms with Crippen molar-refractivity contribution in [2.24, 2.45) is 11.1 Å². The lowest BCUT2D eigenvalue weighted by Crippen LogP contribution is -2.36. The topological polar surface area (TPSA) is 52.3 Å². The summed E-state index contributed by atoms with van der Waals surface area (Å²) in [5.41, 5.74) is 5.74. The summed E-state index contributed by atoms with van der Waals surface area (Å²) in [7, 11) is 1.36. The average Bonchev–Trinajstić information content (AvgIpc) is 2.12. The van der Waals surface area contributed by atoms with Gasteiger partial charge in [-0.3, -0.25) is 4.79 Å². The number of rotatable bonds is 6. The molecule has 0 aliphatic heterocycles. The first-order chi connectivity index (χ1) is 6.43. The van der Waals surface area contributed by atoms with Crippen molar-refractivity contribution in [1.82, 2.24) is 0 Å². The highest BCUT2D eigenvalue weighted by Gasteiger charge is 2.25. The lowest BCUT2D eigenvalue weighted by atomic mass is 9.82. The Balaban J connectivity index is 4.06. The van der Waals surface area contributed by atoms with Crippen molar-refractivity contribution in [3.8, 4) is 0 Å². The minimum absolute atomic E-state index is 0.0573. The van der Waals surface area contributed by atoms with Crippen LogP contribution in [0.3, 0.4) is 0 Å². The maximum absolute atomic E-state index is 11.1. The Morgan fingerprint density at radius 2 is 2.21 bits per heavy atom. The van der Waals surface area contributed by atoms with Crippen LogP contribution < -0.4 is 5.73 Å². The summed E-state index contributed by atoms with van der Waals surface area (Å²) in [4.78, 5) is 11.1. The molecule has 0 aliphatic carbocycles. The SMILES string of the molecule is C=CCCC(C)(C)CC(N)C(=O)OC. The Kier molecular flexibility index (Phi) is 5.46. The van der Waals surface area contributed by atoms with E-state index in [1.165, 1.54) is 7.11 Å². The molecule has 0 bridgehead atoms. The van der Waals surface area contributed by atoms with E-state index in [0.29, 0.717) is 6.42 Å². The molecule has 0 radical (unpaired) electrons. The number of nitrogens with two attached hydrogens (primary N) is 1. The largest absolute Gasteiger partial charge is 0.468 e. The van der Waals surface area contributed by atoms with Crippen LogP contribution >= 0.6 is 0 Å². The van der Waals surface area contributed by atoms with Gasteiger partial charge in [0.25, 0.3) is 0 Å². The van der Waals surface area contributed by atoms with E-state index in [-0.39, 0.29) is 11.4 Å². The van der Waals surface area contributed by atoms with Crippen LogP contribution in [0.4, 0.5) is 0 Å². The molecule has 0 saturated carbocycles. The number of carbonyl (C=O) groups is 1. The molecule has 2 N–H and O–H groups in total. The number of allylic oxidation sites excluding steroid dienone is 1. The Morgan fingerprint density at radius 1 is 1.64 bits per heavy atom. The van der Waals surface area contributed by atoms with Crippen molar-refractivity contribution in [3.63, 3.8) is 0 Å². The fourth-order valence-corrected chi connectivity index (χ4v) is 1.42. The van der Waals surface area contributed by atoms with E-state index >= 15 is 0 Å². The highest BCUT2D eigenvalue weighted by atomic mass is 16.5. The summed E-state index contributed by atoms with van der Waals surface area (Å²) in [5.74, 6) is -0.336. The second kappa shape index (κ2) is 5.81. The summed E-state index contributed by atoms with van der Waals surface area (Å²) in [5, 5.41) is 0. The fraction of sp³-hybridized carbons (Fsp3) is 0.727. The van der Waals surface area contributed by atoms with Crippen LogP contribution in [-0.4, -0.2) is 19.1 Å². The van der Waals surface area contributed by atoms with Gasteiger partial charge in [0.1, 0.15) is 6.04 Å². The third-order valence-electron chi connectivity index (χ3n) is 2.30. The predicted octanol–water partition coefficient (Wildman–Crippen LogP) is 1.87. The van der Waals surface area contributed by atoms with Gasteiger partial charge in [-0.15, -0.1) is 6.58 Å². The summed E-state index contributed by atoms with van der Waals surface area (Å²) >= 11 is 0. The maximum Gasteiger partial charge on any atom is 0.322 e. The molecular weight excluding hydrogens is 178 g/mol. The molecule has 0 rings (SSSR count). The van der Waals surface area contributed by atoms with Crippen LogP contribution in [0.1, 0.15) is 33.1 Å². The molecule has 0 heterocycles. The highest BCUT2D eigenvalue weighted by molar-refractivity contribution is 5.75. The zero-order valence-electron chi connectivity index (χ0n) is 9.38. The molecule has 0 aromatic rings. The van der Waals surface area contributed by atoms with Gasteiger partial charge >= 0.3 is 5.97 Å². The number of esters is 1. The van der Waals surface area contributed by atoms with Crippen LogP contribution in [0.15, 0.2) is 12.7 Å². The molecule has 3 heteroatoms. The normalized spacial score (nSPS) is 13.4. The lowest BCUT2D eigenvalue weighted by Gasteiger charge is -2.26. The van der Waals surface area contributed by atoms with E-state index in [1.807, 2.05) is 6.08 Å². The second-order valence-electron chi connectivity index (χ2n) is 4.33. The zero-order valence-corrected chi connectivity index (χ0v) is 9.38. The number of hydrogen-bond donors (Lipinski definition) is 1. The van der Waals surface area contributed by atoms with Gasteiger partial charge in [-0.1, -0.05) is 19.9 Å². The molecule has 0 aliphatic rings. The smallest absolute Gasteiger partial charge is 0.322 e. The Labute approximate surface area is 86.3 Å². The number of hydrogen-bond acceptors (Lipinski definition) is 3. The van der Waals surface area contributed by atoms with Gasteiger partial charge in [0, 0.05) is 0 Å². The first kappa shape index (κ1) is 13.2. The van der Waals surface area contributed by atoms with Crippen LogP contribution in [-0.2, 0) is 9.53 Å².